The highest BCUT2D eigenvalue weighted by Crippen LogP contribution is 2.26. The second-order valence-corrected chi connectivity index (χ2v) is 4.59. The molecule has 0 atom stereocenters. The number of para-hydroxylation sites is 1. The van der Waals surface area contributed by atoms with Crippen molar-refractivity contribution in [3.8, 4) is 23.5 Å². The molecular weight excluding hydrogens is 262 g/mol. The molecule has 1 N–H and O–H groups in total. The van der Waals surface area contributed by atoms with Crippen LogP contribution in [0, 0.1) is 11.8 Å². The van der Waals surface area contributed by atoms with Crippen LogP contribution in [0.3, 0.4) is 0 Å². The summed E-state index contributed by atoms with van der Waals surface area (Å²) >= 11 is 0. The highest BCUT2D eigenvalue weighted by atomic mass is 16.5. The van der Waals surface area contributed by atoms with Gasteiger partial charge in [-0.3, -0.25) is 0 Å². The minimum absolute atomic E-state index is 0.533. The fourth-order valence-electron chi connectivity index (χ4n) is 1.95. The molecule has 0 radical (unpaired) electrons. The van der Waals surface area contributed by atoms with Gasteiger partial charge in [-0.1, -0.05) is 31.0 Å². The zero-order valence-corrected chi connectivity index (χ0v) is 11.8. The first-order valence-corrected chi connectivity index (χ1v) is 6.92. The van der Waals surface area contributed by atoms with Crippen LogP contribution < -0.4 is 4.74 Å². The van der Waals surface area contributed by atoms with E-state index < -0.39 is 0 Å². The van der Waals surface area contributed by atoms with Crippen molar-refractivity contribution >= 4 is 11.0 Å². The van der Waals surface area contributed by atoms with Crippen LogP contribution in [-0.4, -0.2) is 15.0 Å². The summed E-state index contributed by atoms with van der Waals surface area (Å²) in [7, 11) is 0. The van der Waals surface area contributed by atoms with Crippen molar-refractivity contribution in [2.24, 2.45) is 0 Å². The lowest BCUT2D eigenvalue weighted by Gasteiger charge is -2.04. The Balaban J connectivity index is 1.94. The van der Waals surface area contributed by atoms with Gasteiger partial charge in [0.1, 0.15) is 17.7 Å². The summed E-state index contributed by atoms with van der Waals surface area (Å²) in [4.78, 5) is 11.6. The number of nitrogens with one attached hydrogen (secondary N) is 1. The van der Waals surface area contributed by atoms with Crippen molar-refractivity contribution in [3.05, 3.63) is 48.4 Å². The first kappa shape index (κ1) is 13.2. The molecule has 0 bridgehead atoms. The molecular formula is C17H15N3O. The maximum Gasteiger partial charge on any atom is 0.231 e. The fourth-order valence-corrected chi connectivity index (χ4v) is 1.95. The fraction of sp³-hybridized carbons (Fsp3) is 0.176. The SMILES string of the molecule is CCCC#Cc1cc2c(Oc3ccccc3)ncnc2[nH]1. The van der Waals surface area contributed by atoms with Crippen LogP contribution in [-0.2, 0) is 0 Å². The minimum atomic E-state index is 0.533. The van der Waals surface area contributed by atoms with Crippen LogP contribution in [0.15, 0.2) is 42.7 Å². The Kier molecular flexibility index (Phi) is 3.83. The largest absolute Gasteiger partial charge is 0.438 e. The average Bonchev–Trinajstić information content (AvgIpc) is 2.93. The molecule has 0 aliphatic carbocycles. The molecule has 1 aromatic carbocycles. The molecule has 4 nitrogen and oxygen atoms in total. The van der Waals surface area contributed by atoms with Gasteiger partial charge in [0.2, 0.25) is 5.88 Å². The minimum Gasteiger partial charge on any atom is -0.438 e. The van der Waals surface area contributed by atoms with Gasteiger partial charge in [0.25, 0.3) is 0 Å². The lowest BCUT2D eigenvalue weighted by Crippen LogP contribution is -1.89. The number of unbranched alkanes of at least 4 members (excludes halogenated alkanes) is 1. The van der Waals surface area contributed by atoms with E-state index in [1.165, 1.54) is 6.33 Å². The number of hydrogen-bond acceptors (Lipinski definition) is 3. The second kappa shape index (κ2) is 6.10. The number of nitrogens with zero attached hydrogens (tertiary/aromatic N) is 2. The molecule has 21 heavy (non-hydrogen) atoms. The van der Waals surface area contributed by atoms with E-state index in [4.69, 9.17) is 4.74 Å². The quantitative estimate of drug-likeness (QED) is 0.739. The van der Waals surface area contributed by atoms with Crippen LogP contribution in [0.2, 0.25) is 0 Å². The van der Waals surface area contributed by atoms with E-state index in [1.807, 2.05) is 36.4 Å². The summed E-state index contributed by atoms with van der Waals surface area (Å²) in [6.07, 6.45) is 3.42. The first-order chi connectivity index (χ1) is 10.4. The van der Waals surface area contributed by atoms with E-state index in [2.05, 4.69) is 33.7 Å². The highest BCUT2D eigenvalue weighted by molar-refractivity contribution is 5.82. The van der Waals surface area contributed by atoms with Crippen LogP contribution in [0.25, 0.3) is 11.0 Å². The Morgan fingerprint density at radius 3 is 2.86 bits per heavy atom. The van der Waals surface area contributed by atoms with Crippen LogP contribution in [0.5, 0.6) is 11.6 Å². The zero-order valence-electron chi connectivity index (χ0n) is 11.8. The number of fused-ring (bicyclic) bond motifs is 1. The lowest BCUT2D eigenvalue weighted by atomic mass is 10.3. The summed E-state index contributed by atoms with van der Waals surface area (Å²) in [6.45, 7) is 2.11. The molecule has 2 heterocycles. The van der Waals surface area contributed by atoms with Crippen LogP contribution >= 0.6 is 0 Å². The number of aromatic nitrogens is 3. The average molecular weight is 277 g/mol. The number of H-pyrrole nitrogens is 1. The van der Waals surface area contributed by atoms with E-state index >= 15 is 0 Å². The summed E-state index contributed by atoms with van der Waals surface area (Å²) in [5.41, 5.74) is 1.56. The number of benzene rings is 1. The van der Waals surface area contributed by atoms with Crippen molar-refractivity contribution < 1.29 is 4.74 Å². The van der Waals surface area contributed by atoms with Gasteiger partial charge in [-0.2, -0.15) is 0 Å². The summed E-state index contributed by atoms with van der Waals surface area (Å²) in [6, 6.07) is 11.5. The second-order valence-electron chi connectivity index (χ2n) is 4.59. The molecule has 0 spiro atoms. The molecule has 0 fully saturated rings. The maximum absolute atomic E-state index is 5.81. The van der Waals surface area contributed by atoms with Gasteiger partial charge in [-0.25, -0.2) is 9.97 Å². The van der Waals surface area contributed by atoms with E-state index in [-0.39, 0.29) is 0 Å². The molecule has 3 rings (SSSR count). The van der Waals surface area contributed by atoms with Crippen molar-refractivity contribution in [2.45, 2.75) is 19.8 Å². The normalized spacial score (nSPS) is 10.1. The molecule has 2 aromatic heterocycles. The number of aromatic amines is 1. The first-order valence-electron chi connectivity index (χ1n) is 6.92. The number of rotatable bonds is 3. The Morgan fingerprint density at radius 1 is 1.19 bits per heavy atom. The molecule has 4 heteroatoms. The predicted octanol–water partition coefficient (Wildman–Crippen LogP) is 3.90. The van der Waals surface area contributed by atoms with Crippen LogP contribution in [0.1, 0.15) is 25.5 Å². The van der Waals surface area contributed by atoms with E-state index in [0.717, 1.165) is 35.3 Å². The molecule has 104 valence electrons. The van der Waals surface area contributed by atoms with E-state index in [0.29, 0.717) is 5.88 Å². The van der Waals surface area contributed by atoms with E-state index in [9.17, 15) is 0 Å². The van der Waals surface area contributed by atoms with Gasteiger partial charge in [0.05, 0.1) is 11.1 Å². The molecule has 0 aliphatic rings. The van der Waals surface area contributed by atoms with Gasteiger partial charge in [0, 0.05) is 6.42 Å². The summed E-state index contributed by atoms with van der Waals surface area (Å²) in [5.74, 6) is 7.49. The highest BCUT2D eigenvalue weighted by Gasteiger charge is 2.09. The lowest BCUT2D eigenvalue weighted by molar-refractivity contribution is 0.468. The van der Waals surface area contributed by atoms with Gasteiger partial charge in [-0.05, 0) is 30.5 Å². The van der Waals surface area contributed by atoms with Crippen molar-refractivity contribution in [1.82, 2.24) is 15.0 Å². The number of hydrogen-bond donors (Lipinski definition) is 1. The van der Waals surface area contributed by atoms with Crippen LogP contribution in [0.4, 0.5) is 0 Å². The maximum atomic E-state index is 5.81. The van der Waals surface area contributed by atoms with Gasteiger partial charge in [-0.15, -0.1) is 0 Å². The van der Waals surface area contributed by atoms with Gasteiger partial charge < -0.3 is 9.72 Å². The van der Waals surface area contributed by atoms with E-state index in [1.54, 1.807) is 0 Å². The Morgan fingerprint density at radius 2 is 2.05 bits per heavy atom. The summed E-state index contributed by atoms with van der Waals surface area (Å²) < 4.78 is 5.81. The molecule has 0 saturated carbocycles. The Labute approximate surface area is 123 Å². The predicted molar refractivity (Wildman–Crippen MR) is 82.2 cm³/mol. The van der Waals surface area contributed by atoms with Gasteiger partial charge in [0.15, 0.2) is 0 Å². The van der Waals surface area contributed by atoms with Gasteiger partial charge >= 0.3 is 0 Å². The van der Waals surface area contributed by atoms with Crippen molar-refractivity contribution in [3.63, 3.8) is 0 Å². The third-order valence-corrected chi connectivity index (χ3v) is 2.94. The summed E-state index contributed by atoms with van der Waals surface area (Å²) in [5, 5.41) is 0.835. The zero-order chi connectivity index (χ0) is 14.5. The third-order valence-electron chi connectivity index (χ3n) is 2.94. The van der Waals surface area contributed by atoms with Crippen molar-refractivity contribution in [2.75, 3.05) is 0 Å². The van der Waals surface area contributed by atoms with Crippen molar-refractivity contribution in [1.29, 1.82) is 0 Å². The molecule has 0 amide bonds. The Hall–Kier alpha value is -2.80. The Bertz CT molecular complexity index is 797. The third kappa shape index (κ3) is 3.03. The molecule has 0 unspecified atom stereocenters. The monoisotopic (exact) mass is 277 g/mol. The molecule has 3 aromatic rings. The smallest absolute Gasteiger partial charge is 0.231 e. The topological polar surface area (TPSA) is 50.8 Å². The molecule has 0 aliphatic heterocycles. The molecule has 0 saturated heterocycles. The number of ether oxygens (including phenoxy) is 1. The standard InChI is InChI=1S/C17H15N3O/c1-2-3-5-8-13-11-15-16(20-13)18-12-19-17(15)21-14-9-6-4-7-10-14/h4,6-7,9-12H,2-3H2,1H3,(H,18,19,20).